The molecular formula is C24H22N4O2S3. The van der Waals surface area contributed by atoms with Crippen molar-refractivity contribution in [2.24, 2.45) is 5.10 Å². The molecule has 1 N–H and O–H groups in total. The highest BCUT2D eigenvalue weighted by Gasteiger charge is 2.23. The van der Waals surface area contributed by atoms with E-state index < -0.39 is 0 Å². The number of fused-ring (bicyclic) bond motifs is 3. The van der Waals surface area contributed by atoms with Crippen LogP contribution in [0.1, 0.15) is 33.7 Å². The number of aromatic nitrogens is 2. The minimum Gasteiger partial charge on any atom is -0.272 e. The predicted molar refractivity (Wildman–Crippen MR) is 137 cm³/mol. The standard InChI is InChI=1S/C24H22N4O2S3/c1-15-11-12-31-19(15)13-25-27-20(29)14-32-24-26-22-21(17-9-5-6-10-18(17)33-22)23(30)28(24)16-7-3-2-4-8-16/h2-4,7-8,11-13H,5-6,9-10,14H2,1H3,(H,27,29)/b25-13-. The van der Waals surface area contributed by atoms with Crippen molar-refractivity contribution in [3.8, 4) is 5.69 Å². The Hall–Kier alpha value is -2.75. The quantitative estimate of drug-likeness (QED) is 0.178. The molecule has 5 rings (SSSR count). The van der Waals surface area contributed by atoms with Crippen molar-refractivity contribution in [3.63, 3.8) is 0 Å². The average molecular weight is 495 g/mol. The molecule has 0 unspecified atom stereocenters. The minimum absolute atomic E-state index is 0.0558. The number of nitrogens with one attached hydrogen (secondary N) is 1. The van der Waals surface area contributed by atoms with Crippen molar-refractivity contribution in [2.75, 3.05) is 5.75 Å². The predicted octanol–water partition coefficient (Wildman–Crippen LogP) is 4.94. The Labute approximate surface area is 203 Å². The SMILES string of the molecule is Cc1ccsc1/C=N\NC(=O)CSc1nc2sc3c(c2c(=O)n1-c1ccccc1)CCCC3. The van der Waals surface area contributed by atoms with Gasteiger partial charge in [-0.15, -0.1) is 22.7 Å². The molecular weight excluding hydrogens is 472 g/mol. The molecule has 4 aromatic rings. The molecule has 1 amide bonds. The molecule has 168 valence electrons. The van der Waals surface area contributed by atoms with E-state index in [0.29, 0.717) is 5.16 Å². The topological polar surface area (TPSA) is 76.3 Å². The van der Waals surface area contributed by atoms with Crippen LogP contribution in [0.3, 0.4) is 0 Å². The number of benzene rings is 1. The van der Waals surface area contributed by atoms with Gasteiger partial charge in [-0.3, -0.25) is 14.2 Å². The van der Waals surface area contributed by atoms with E-state index in [1.807, 2.05) is 48.7 Å². The average Bonchev–Trinajstić information content (AvgIpc) is 3.41. The van der Waals surface area contributed by atoms with Gasteiger partial charge in [0.1, 0.15) is 4.83 Å². The van der Waals surface area contributed by atoms with Gasteiger partial charge in [-0.25, -0.2) is 10.4 Å². The summed E-state index contributed by atoms with van der Waals surface area (Å²) >= 11 is 4.44. The summed E-state index contributed by atoms with van der Waals surface area (Å²) in [6.07, 6.45) is 5.85. The molecule has 33 heavy (non-hydrogen) atoms. The summed E-state index contributed by atoms with van der Waals surface area (Å²) in [6, 6.07) is 11.5. The van der Waals surface area contributed by atoms with E-state index in [0.717, 1.165) is 57.6 Å². The monoisotopic (exact) mass is 494 g/mol. The normalized spacial score (nSPS) is 13.5. The van der Waals surface area contributed by atoms with Crippen LogP contribution in [-0.2, 0) is 17.6 Å². The Bertz CT molecular complexity index is 1400. The fraction of sp³-hybridized carbons (Fsp3) is 0.250. The highest BCUT2D eigenvalue weighted by atomic mass is 32.2. The smallest absolute Gasteiger partial charge is 0.267 e. The van der Waals surface area contributed by atoms with Gasteiger partial charge in [0, 0.05) is 9.75 Å². The van der Waals surface area contributed by atoms with Crippen LogP contribution in [0.2, 0.25) is 0 Å². The number of hydrogen-bond donors (Lipinski definition) is 1. The Balaban J connectivity index is 1.44. The fourth-order valence-corrected chi connectivity index (χ4v) is 6.82. The van der Waals surface area contributed by atoms with Crippen molar-refractivity contribution < 1.29 is 4.79 Å². The van der Waals surface area contributed by atoms with Crippen LogP contribution in [0.15, 0.2) is 56.8 Å². The van der Waals surface area contributed by atoms with Crippen molar-refractivity contribution in [1.82, 2.24) is 15.0 Å². The van der Waals surface area contributed by atoms with Crippen molar-refractivity contribution in [3.05, 3.63) is 73.0 Å². The molecule has 0 bridgehead atoms. The summed E-state index contributed by atoms with van der Waals surface area (Å²) in [7, 11) is 0. The van der Waals surface area contributed by atoms with E-state index in [1.54, 1.807) is 33.5 Å². The van der Waals surface area contributed by atoms with Crippen molar-refractivity contribution in [1.29, 1.82) is 0 Å². The van der Waals surface area contributed by atoms with Gasteiger partial charge in [0.15, 0.2) is 5.16 Å². The van der Waals surface area contributed by atoms with Gasteiger partial charge in [0.05, 0.1) is 23.0 Å². The minimum atomic E-state index is -0.245. The van der Waals surface area contributed by atoms with Crippen LogP contribution in [0.25, 0.3) is 15.9 Å². The largest absolute Gasteiger partial charge is 0.272 e. The lowest BCUT2D eigenvalue weighted by atomic mass is 9.97. The van der Waals surface area contributed by atoms with E-state index in [9.17, 15) is 9.59 Å². The van der Waals surface area contributed by atoms with Gasteiger partial charge in [0.25, 0.3) is 11.5 Å². The maximum absolute atomic E-state index is 13.7. The van der Waals surface area contributed by atoms with Crippen LogP contribution in [0.4, 0.5) is 0 Å². The van der Waals surface area contributed by atoms with Crippen LogP contribution in [0, 0.1) is 6.92 Å². The molecule has 0 fully saturated rings. The molecule has 0 saturated heterocycles. The molecule has 1 aliphatic carbocycles. The van der Waals surface area contributed by atoms with Crippen molar-refractivity contribution >= 4 is 56.8 Å². The van der Waals surface area contributed by atoms with E-state index >= 15 is 0 Å². The van der Waals surface area contributed by atoms with Gasteiger partial charge in [-0.2, -0.15) is 5.10 Å². The number of hydrogen-bond acceptors (Lipinski definition) is 7. The molecule has 1 aliphatic rings. The van der Waals surface area contributed by atoms with Gasteiger partial charge in [-0.05, 0) is 67.3 Å². The van der Waals surface area contributed by atoms with Gasteiger partial charge in [-0.1, -0.05) is 30.0 Å². The zero-order valence-corrected chi connectivity index (χ0v) is 20.5. The Morgan fingerprint density at radius 1 is 1.24 bits per heavy atom. The summed E-state index contributed by atoms with van der Waals surface area (Å²) < 4.78 is 1.64. The third-order valence-electron chi connectivity index (χ3n) is 5.58. The van der Waals surface area contributed by atoms with Crippen molar-refractivity contribution in [2.45, 2.75) is 37.8 Å². The number of carbonyl (C=O) groups excluding carboxylic acids is 1. The zero-order valence-electron chi connectivity index (χ0n) is 18.0. The number of hydrazone groups is 1. The first-order valence-corrected chi connectivity index (χ1v) is 13.4. The first-order valence-electron chi connectivity index (χ1n) is 10.7. The van der Waals surface area contributed by atoms with E-state index in [-0.39, 0.29) is 17.2 Å². The number of nitrogens with zero attached hydrogens (tertiary/aromatic N) is 3. The van der Waals surface area contributed by atoms with Crippen LogP contribution in [0.5, 0.6) is 0 Å². The summed E-state index contributed by atoms with van der Waals surface area (Å²) in [5.74, 6) is -0.138. The summed E-state index contributed by atoms with van der Waals surface area (Å²) in [5, 5.41) is 7.31. The highest BCUT2D eigenvalue weighted by Crippen LogP contribution is 2.35. The fourth-order valence-electron chi connectivity index (χ4n) is 3.93. The van der Waals surface area contributed by atoms with E-state index in [4.69, 9.17) is 4.98 Å². The number of rotatable bonds is 6. The third kappa shape index (κ3) is 4.53. The zero-order chi connectivity index (χ0) is 22.8. The molecule has 3 aromatic heterocycles. The maximum atomic E-state index is 13.7. The van der Waals surface area contributed by atoms with Crippen LogP contribution in [-0.4, -0.2) is 27.4 Å². The summed E-state index contributed by atoms with van der Waals surface area (Å²) in [5.41, 5.74) is 5.55. The van der Waals surface area contributed by atoms with Gasteiger partial charge in [0.2, 0.25) is 0 Å². The summed E-state index contributed by atoms with van der Waals surface area (Å²) in [6.45, 7) is 2.00. The first kappa shape index (κ1) is 22.1. The number of carbonyl (C=O) groups is 1. The second-order valence-electron chi connectivity index (χ2n) is 7.81. The Kier molecular flexibility index (Phi) is 6.43. The summed E-state index contributed by atoms with van der Waals surface area (Å²) in [4.78, 5) is 34.0. The molecule has 0 atom stereocenters. The molecule has 0 aliphatic heterocycles. The van der Waals surface area contributed by atoms with E-state index in [1.165, 1.54) is 16.6 Å². The lowest BCUT2D eigenvalue weighted by Crippen LogP contribution is -2.24. The second kappa shape index (κ2) is 9.62. The number of para-hydroxylation sites is 1. The lowest BCUT2D eigenvalue weighted by molar-refractivity contribution is -0.118. The second-order valence-corrected chi connectivity index (χ2v) is 10.8. The molecule has 6 nitrogen and oxygen atoms in total. The third-order valence-corrected chi connectivity index (χ3v) is 8.66. The number of thiophene rings is 2. The van der Waals surface area contributed by atoms with Crippen LogP contribution < -0.4 is 11.0 Å². The molecule has 9 heteroatoms. The molecule has 0 radical (unpaired) electrons. The molecule has 0 spiro atoms. The van der Waals surface area contributed by atoms with Crippen LogP contribution >= 0.6 is 34.4 Å². The van der Waals surface area contributed by atoms with Gasteiger partial charge < -0.3 is 0 Å². The molecule has 3 heterocycles. The number of aryl methyl sites for hydroxylation is 3. The highest BCUT2D eigenvalue weighted by molar-refractivity contribution is 7.99. The Morgan fingerprint density at radius 3 is 2.85 bits per heavy atom. The molecule has 0 saturated carbocycles. The lowest BCUT2D eigenvalue weighted by Gasteiger charge is -2.13. The number of amides is 1. The van der Waals surface area contributed by atoms with Gasteiger partial charge >= 0.3 is 0 Å². The molecule has 1 aromatic carbocycles. The van der Waals surface area contributed by atoms with E-state index in [2.05, 4.69) is 10.5 Å². The Morgan fingerprint density at radius 2 is 2.06 bits per heavy atom. The number of thioether (sulfide) groups is 1. The maximum Gasteiger partial charge on any atom is 0.267 e. The first-order chi connectivity index (χ1) is 16.1.